The predicted octanol–water partition coefficient (Wildman–Crippen LogP) is 3.67. The standard InChI is InChI=1S/C18H15BrN2O3/c1-12(22)24-11-18-20-15-4-2-3-5-16(15)21(18)14-8-6-13(7-9-14)17(23)10-19/h2-9H,10-11H2,1H3. The lowest BCUT2D eigenvalue weighted by molar-refractivity contribution is -0.142. The number of fused-ring (bicyclic) bond motifs is 1. The number of rotatable bonds is 5. The summed E-state index contributed by atoms with van der Waals surface area (Å²) in [5.41, 5.74) is 3.23. The Morgan fingerprint density at radius 3 is 2.50 bits per heavy atom. The molecule has 0 unspecified atom stereocenters. The third-order valence-corrected chi connectivity index (χ3v) is 4.11. The SMILES string of the molecule is CC(=O)OCc1nc2ccccc2n1-c1ccc(C(=O)CBr)cc1. The van der Waals surface area contributed by atoms with Crippen molar-refractivity contribution in [2.45, 2.75) is 13.5 Å². The van der Waals surface area contributed by atoms with E-state index < -0.39 is 0 Å². The highest BCUT2D eigenvalue weighted by atomic mass is 79.9. The molecule has 0 N–H and O–H groups in total. The maximum Gasteiger partial charge on any atom is 0.303 e. The summed E-state index contributed by atoms with van der Waals surface area (Å²) < 4.78 is 7.05. The number of nitrogens with zero attached hydrogens (tertiary/aromatic N) is 2. The Bertz CT molecular complexity index is 900. The van der Waals surface area contributed by atoms with Gasteiger partial charge in [-0.05, 0) is 36.4 Å². The van der Waals surface area contributed by atoms with Crippen molar-refractivity contribution in [3.63, 3.8) is 0 Å². The number of hydrogen-bond donors (Lipinski definition) is 0. The fourth-order valence-corrected chi connectivity index (χ4v) is 2.82. The zero-order valence-electron chi connectivity index (χ0n) is 13.0. The molecule has 0 radical (unpaired) electrons. The molecule has 0 amide bonds. The van der Waals surface area contributed by atoms with Crippen molar-refractivity contribution in [2.24, 2.45) is 0 Å². The molecule has 1 aromatic heterocycles. The Balaban J connectivity index is 2.07. The normalized spacial score (nSPS) is 10.8. The first-order valence-electron chi connectivity index (χ1n) is 7.39. The molecule has 6 heteroatoms. The molecule has 1 heterocycles. The second kappa shape index (κ2) is 6.97. The molecule has 0 aliphatic carbocycles. The van der Waals surface area contributed by atoms with Crippen LogP contribution in [0.1, 0.15) is 23.1 Å². The number of imidazole rings is 1. The summed E-state index contributed by atoms with van der Waals surface area (Å²) in [7, 11) is 0. The molecule has 0 saturated carbocycles. The first-order chi connectivity index (χ1) is 11.6. The molecule has 5 nitrogen and oxygen atoms in total. The van der Waals surface area contributed by atoms with Crippen LogP contribution in [0.2, 0.25) is 0 Å². The van der Waals surface area contributed by atoms with Crippen LogP contribution < -0.4 is 0 Å². The van der Waals surface area contributed by atoms with E-state index in [-0.39, 0.29) is 23.7 Å². The van der Waals surface area contributed by atoms with Crippen LogP contribution in [-0.4, -0.2) is 26.6 Å². The zero-order chi connectivity index (χ0) is 17.1. The molecule has 0 saturated heterocycles. The monoisotopic (exact) mass is 386 g/mol. The second-order valence-electron chi connectivity index (χ2n) is 5.24. The van der Waals surface area contributed by atoms with E-state index in [9.17, 15) is 9.59 Å². The molecule has 0 atom stereocenters. The summed E-state index contributed by atoms with van der Waals surface area (Å²) in [5.74, 6) is 0.301. The number of hydrogen-bond acceptors (Lipinski definition) is 4. The molecule has 0 fully saturated rings. The molecule has 0 spiro atoms. The lowest BCUT2D eigenvalue weighted by atomic mass is 10.1. The Morgan fingerprint density at radius 1 is 1.12 bits per heavy atom. The number of benzene rings is 2. The number of alkyl halides is 1. The highest BCUT2D eigenvalue weighted by Crippen LogP contribution is 2.22. The van der Waals surface area contributed by atoms with Gasteiger partial charge in [0.1, 0.15) is 6.61 Å². The van der Waals surface area contributed by atoms with E-state index in [1.165, 1.54) is 6.92 Å². The Kier molecular flexibility index (Phi) is 4.76. The van der Waals surface area contributed by atoms with E-state index in [0.717, 1.165) is 16.7 Å². The van der Waals surface area contributed by atoms with E-state index in [2.05, 4.69) is 20.9 Å². The number of aromatic nitrogens is 2. The van der Waals surface area contributed by atoms with Crippen LogP contribution in [0.4, 0.5) is 0 Å². The zero-order valence-corrected chi connectivity index (χ0v) is 14.6. The van der Waals surface area contributed by atoms with Crippen LogP contribution in [-0.2, 0) is 16.1 Å². The maximum absolute atomic E-state index is 11.7. The second-order valence-corrected chi connectivity index (χ2v) is 5.80. The summed E-state index contributed by atoms with van der Waals surface area (Å²) in [6, 6.07) is 15.0. The molecule has 3 rings (SSSR count). The minimum Gasteiger partial charge on any atom is -0.458 e. The van der Waals surface area contributed by atoms with E-state index in [4.69, 9.17) is 4.74 Å². The lowest BCUT2D eigenvalue weighted by Crippen LogP contribution is -2.07. The molecule has 0 aliphatic heterocycles. The summed E-state index contributed by atoms with van der Waals surface area (Å²) in [4.78, 5) is 27.4. The molecule has 0 aliphatic rings. The van der Waals surface area contributed by atoms with Crippen molar-refractivity contribution in [3.8, 4) is 5.69 Å². The molecule has 24 heavy (non-hydrogen) atoms. The van der Waals surface area contributed by atoms with Gasteiger partial charge in [0.25, 0.3) is 0 Å². The largest absolute Gasteiger partial charge is 0.458 e. The van der Waals surface area contributed by atoms with Gasteiger partial charge in [0.15, 0.2) is 11.6 Å². The van der Waals surface area contributed by atoms with Crippen LogP contribution in [0.5, 0.6) is 0 Å². The Hall–Kier alpha value is -2.47. The molecular weight excluding hydrogens is 372 g/mol. The fourth-order valence-electron chi connectivity index (χ4n) is 2.50. The summed E-state index contributed by atoms with van der Waals surface area (Å²) in [5, 5.41) is 0.290. The van der Waals surface area contributed by atoms with Crippen LogP contribution >= 0.6 is 15.9 Å². The molecular formula is C18H15BrN2O3. The van der Waals surface area contributed by atoms with E-state index in [0.29, 0.717) is 11.4 Å². The number of ketones is 1. The third-order valence-electron chi connectivity index (χ3n) is 3.60. The predicted molar refractivity (Wildman–Crippen MR) is 94.7 cm³/mol. The maximum atomic E-state index is 11.7. The molecule has 122 valence electrons. The fraction of sp³-hybridized carbons (Fsp3) is 0.167. The van der Waals surface area contributed by atoms with E-state index in [1.54, 1.807) is 12.1 Å². The van der Waals surface area contributed by atoms with Crippen LogP contribution in [0.3, 0.4) is 0 Å². The quantitative estimate of drug-likeness (QED) is 0.381. The van der Waals surface area contributed by atoms with Crippen LogP contribution in [0.15, 0.2) is 48.5 Å². The topological polar surface area (TPSA) is 61.2 Å². The van der Waals surface area contributed by atoms with Crippen molar-refractivity contribution in [2.75, 3.05) is 5.33 Å². The van der Waals surface area contributed by atoms with Gasteiger partial charge in [-0.15, -0.1) is 0 Å². The summed E-state index contributed by atoms with van der Waals surface area (Å²) in [6.07, 6.45) is 0. The van der Waals surface area contributed by atoms with Crippen molar-refractivity contribution in [3.05, 3.63) is 59.9 Å². The highest BCUT2D eigenvalue weighted by molar-refractivity contribution is 9.09. The van der Waals surface area contributed by atoms with Gasteiger partial charge in [0.05, 0.1) is 16.4 Å². The number of carbonyl (C=O) groups excluding carboxylic acids is 2. The first-order valence-corrected chi connectivity index (χ1v) is 8.51. The van der Waals surface area contributed by atoms with Crippen LogP contribution in [0.25, 0.3) is 16.7 Å². The van der Waals surface area contributed by atoms with Gasteiger partial charge in [0, 0.05) is 18.2 Å². The van der Waals surface area contributed by atoms with Gasteiger partial charge in [-0.25, -0.2) is 4.98 Å². The van der Waals surface area contributed by atoms with Gasteiger partial charge >= 0.3 is 5.97 Å². The van der Waals surface area contributed by atoms with Gasteiger partial charge in [-0.3, -0.25) is 14.2 Å². The van der Waals surface area contributed by atoms with Crippen LogP contribution in [0, 0.1) is 0 Å². The number of halogens is 1. The van der Waals surface area contributed by atoms with E-state index >= 15 is 0 Å². The Labute approximate surface area is 147 Å². The molecule has 0 bridgehead atoms. The van der Waals surface area contributed by atoms with Crippen molar-refractivity contribution >= 4 is 38.7 Å². The lowest BCUT2D eigenvalue weighted by Gasteiger charge is -2.10. The van der Waals surface area contributed by atoms with Gasteiger partial charge < -0.3 is 4.74 Å². The van der Waals surface area contributed by atoms with Crippen molar-refractivity contribution < 1.29 is 14.3 Å². The molecule has 3 aromatic rings. The number of carbonyl (C=O) groups is 2. The van der Waals surface area contributed by atoms with Crippen molar-refractivity contribution in [1.82, 2.24) is 9.55 Å². The van der Waals surface area contributed by atoms with Gasteiger partial charge in [-0.1, -0.05) is 28.1 Å². The first kappa shape index (κ1) is 16.4. The third kappa shape index (κ3) is 3.23. The average Bonchev–Trinajstić information content (AvgIpc) is 2.97. The smallest absolute Gasteiger partial charge is 0.303 e. The van der Waals surface area contributed by atoms with E-state index in [1.807, 2.05) is 41.0 Å². The van der Waals surface area contributed by atoms with Crippen molar-refractivity contribution in [1.29, 1.82) is 0 Å². The Morgan fingerprint density at radius 2 is 1.83 bits per heavy atom. The number of para-hydroxylation sites is 2. The average molecular weight is 387 g/mol. The number of ether oxygens (including phenoxy) is 1. The van der Waals surface area contributed by atoms with Gasteiger partial charge in [-0.2, -0.15) is 0 Å². The summed E-state index contributed by atoms with van der Waals surface area (Å²) in [6.45, 7) is 1.46. The minimum atomic E-state index is -0.355. The minimum absolute atomic E-state index is 0.0252. The van der Waals surface area contributed by atoms with Gasteiger partial charge in [0.2, 0.25) is 0 Å². The molecule has 2 aromatic carbocycles. The number of Topliss-reactive ketones (excluding diaryl/α,β-unsaturated/α-hetero) is 1. The number of esters is 1. The summed E-state index contributed by atoms with van der Waals surface area (Å²) >= 11 is 3.17. The highest BCUT2D eigenvalue weighted by Gasteiger charge is 2.14.